The number of hydrogen-bond donors (Lipinski definition) is 2. The molecule has 3 heterocycles. The average Bonchev–Trinajstić information content (AvgIpc) is 3.12. The maximum Gasteiger partial charge on any atom is 0.278 e. The van der Waals surface area contributed by atoms with Crippen molar-refractivity contribution in [1.82, 2.24) is 15.5 Å². The predicted octanol–water partition coefficient (Wildman–Crippen LogP) is 11.5. The molecule has 3 aliphatic rings. The molecule has 2 N–H and O–H groups in total. The molecule has 1 saturated heterocycles. The molecule has 282 valence electrons. The predicted molar refractivity (Wildman–Crippen MR) is 209 cm³/mol. The minimum Gasteiger partial charge on any atom is -0.365 e. The summed E-state index contributed by atoms with van der Waals surface area (Å²) in [7, 11) is 0. The highest BCUT2D eigenvalue weighted by atomic mass is 19.3. The number of rotatable bonds is 11. The van der Waals surface area contributed by atoms with Gasteiger partial charge in [-0.3, -0.25) is 4.99 Å². The number of nitrogens with zero attached hydrogens (tertiary/aromatic N) is 3. The number of halogens is 3. The largest absolute Gasteiger partial charge is 0.365 e. The van der Waals surface area contributed by atoms with Crippen molar-refractivity contribution in [3.8, 4) is 6.07 Å². The first-order valence-electron chi connectivity index (χ1n) is 19.1. The van der Waals surface area contributed by atoms with Crippen LogP contribution in [0.3, 0.4) is 0 Å². The maximum absolute atomic E-state index is 16.3. The number of alkyl halides is 2. The van der Waals surface area contributed by atoms with E-state index in [-0.39, 0.29) is 5.56 Å². The van der Waals surface area contributed by atoms with Crippen molar-refractivity contribution >= 4 is 5.84 Å². The van der Waals surface area contributed by atoms with E-state index < -0.39 is 34.7 Å². The van der Waals surface area contributed by atoms with Gasteiger partial charge in [0, 0.05) is 35.3 Å². The first-order chi connectivity index (χ1) is 24.4. The van der Waals surface area contributed by atoms with Crippen molar-refractivity contribution in [2.24, 2.45) is 16.3 Å². The molecule has 1 aromatic carbocycles. The molecular weight excluding hydrogens is 644 g/mol. The van der Waals surface area contributed by atoms with Crippen LogP contribution in [-0.2, 0) is 5.92 Å². The molecule has 3 aliphatic heterocycles. The number of aliphatic imine (C=N–C) groups is 1. The van der Waals surface area contributed by atoms with E-state index in [2.05, 4.69) is 55.2 Å². The van der Waals surface area contributed by atoms with Crippen LogP contribution in [0.2, 0.25) is 0 Å². The molecule has 4 rings (SSSR count). The second-order valence-electron chi connectivity index (χ2n) is 13.9. The van der Waals surface area contributed by atoms with Gasteiger partial charge in [0.25, 0.3) is 5.92 Å². The highest BCUT2D eigenvalue weighted by Gasteiger charge is 2.45. The summed E-state index contributed by atoms with van der Waals surface area (Å²) < 4.78 is 48.4. The number of amidine groups is 1. The molecule has 4 bridgehead atoms. The van der Waals surface area contributed by atoms with E-state index in [4.69, 9.17) is 4.99 Å². The molecule has 3 atom stereocenters. The molecule has 5 nitrogen and oxygen atoms in total. The Morgan fingerprint density at radius 2 is 1.80 bits per heavy atom. The van der Waals surface area contributed by atoms with Crippen LogP contribution in [0, 0.1) is 28.5 Å². The zero-order chi connectivity index (χ0) is 38.2. The Kier molecular flexibility index (Phi) is 18.0. The number of allylic oxidation sites excluding steroid dienone is 4. The van der Waals surface area contributed by atoms with Gasteiger partial charge >= 0.3 is 0 Å². The molecule has 2 unspecified atom stereocenters. The second kappa shape index (κ2) is 21.1. The molecular formula is C43H64F3N5. The van der Waals surface area contributed by atoms with E-state index in [1.807, 2.05) is 39.8 Å². The van der Waals surface area contributed by atoms with Gasteiger partial charge in [-0.15, -0.1) is 6.58 Å². The van der Waals surface area contributed by atoms with Crippen LogP contribution in [0.25, 0.3) is 0 Å². The number of fused-ring (bicyclic) bond motifs is 10. The molecule has 8 heteroatoms. The highest BCUT2D eigenvalue weighted by molar-refractivity contribution is 6.02. The van der Waals surface area contributed by atoms with Crippen molar-refractivity contribution in [2.75, 3.05) is 19.6 Å². The Morgan fingerprint density at radius 1 is 1.12 bits per heavy atom. The van der Waals surface area contributed by atoms with E-state index in [1.54, 1.807) is 19.2 Å². The van der Waals surface area contributed by atoms with E-state index >= 15 is 13.2 Å². The summed E-state index contributed by atoms with van der Waals surface area (Å²) in [6.45, 7) is 27.6. The third-order valence-corrected chi connectivity index (χ3v) is 10.3. The van der Waals surface area contributed by atoms with Crippen LogP contribution in [-0.4, -0.2) is 36.4 Å². The lowest BCUT2D eigenvalue weighted by atomic mass is 9.71. The summed E-state index contributed by atoms with van der Waals surface area (Å²) in [4.78, 5) is 7.35. The van der Waals surface area contributed by atoms with Crippen molar-refractivity contribution in [3.63, 3.8) is 0 Å². The normalized spacial score (nSPS) is 24.3. The molecule has 51 heavy (non-hydrogen) atoms. The maximum atomic E-state index is 16.3. The Morgan fingerprint density at radius 3 is 2.39 bits per heavy atom. The zero-order valence-corrected chi connectivity index (χ0v) is 32.5. The molecule has 0 spiro atoms. The summed E-state index contributed by atoms with van der Waals surface area (Å²) in [6.07, 6.45) is 12.6. The third-order valence-electron chi connectivity index (χ3n) is 10.3. The van der Waals surface area contributed by atoms with E-state index in [0.29, 0.717) is 69.2 Å². The Labute approximate surface area is 307 Å². The standard InChI is InChI=1S/C41H58F3N5.C2H6/c1-9-12-23-40(28-45,22-10-2)37(29(4)5)27-35(31(7)46-11-3)39-47-24-15-13-14-17-30(6)49-25-20-33(21-26-49)41(43,44)36-19-16-18-34(38(36)42)32(8)48-39;1-2/h9,11,16,18-19,27,30,32-33,46H,1,3-4,10,12-15,17,20-26H2,2,5-8H3,(H,47,48);1-2H3/b35-31-,37-27+;/t30?,32-,40?;/m1./s1. The van der Waals surface area contributed by atoms with Crippen molar-refractivity contribution < 1.29 is 13.2 Å². The first-order valence-corrected chi connectivity index (χ1v) is 19.1. The zero-order valence-electron chi connectivity index (χ0n) is 32.5. The van der Waals surface area contributed by atoms with Crippen molar-refractivity contribution in [3.05, 3.63) is 95.6 Å². The van der Waals surface area contributed by atoms with E-state index in [9.17, 15) is 5.26 Å². The average molecular weight is 708 g/mol. The number of benzene rings is 1. The fraction of sp³-hybridized carbons (Fsp3) is 0.581. The van der Waals surface area contributed by atoms with Crippen LogP contribution >= 0.6 is 0 Å². The molecule has 0 aromatic heterocycles. The Hall–Kier alpha value is -3.57. The van der Waals surface area contributed by atoms with Crippen LogP contribution in [0.1, 0.15) is 130 Å². The quantitative estimate of drug-likeness (QED) is 0.178. The lowest BCUT2D eigenvalue weighted by molar-refractivity contribution is -0.0907. The summed E-state index contributed by atoms with van der Waals surface area (Å²) >= 11 is 0. The minimum atomic E-state index is -3.29. The van der Waals surface area contributed by atoms with Gasteiger partial charge in [-0.2, -0.15) is 5.26 Å². The molecule has 0 saturated carbocycles. The van der Waals surface area contributed by atoms with Crippen LogP contribution in [0.4, 0.5) is 13.2 Å². The SMILES string of the molecule is C=CCCC(C#N)(CCC)/C(=C/C(C1=NCCCCCC(C)N2CCC(CC2)C(F)(F)c2cccc(c2F)[C@@H](C)N1)=C(\C)NC=C)C(=C)C.CC. The van der Waals surface area contributed by atoms with Crippen molar-refractivity contribution in [1.29, 1.82) is 5.26 Å². The van der Waals surface area contributed by atoms with Gasteiger partial charge in [-0.25, -0.2) is 13.2 Å². The summed E-state index contributed by atoms with van der Waals surface area (Å²) in [6, 6.07) is 6.55. The highest BCUT2D eigenvalue weighted by Crippen LogP contribution is 2.44. The number of nitriles is 1. The second-order valence-corrected chi connectivity index (χ2v) is 13.9. The van der Waals surface area contributed by atoms with E-state index in [0.717, 1.165) is 48.9 Å². The van der Waals surface area contributed by atoms with Gasteiger partial charge < -0.3 is 15.5 Å². The van der Waals surface area contributed by atoms with Crippen molar-refractivity contribution in [2.45, 2.75) is 131 Å². The fourth-order valence-corrected chi connectivity index (χ4v) is 7.40. The number of hydrogen-bond acceptors (Lipinski definition) is 5. The fourth-order valence-electron chi connectivity index (χ4n) is 7.40. The van der Waals surface area contributed by atoms with Crippen LogP contribution < -0.4 is 10.6 Å². The topological polar surface area (TPSA) is 63.5 Å². The van der Waals surface area contributed by atoms with Gasteiger partial charge in [0.15, 0.2) is 0 Å². The number of piperidine rings is 1. The first kappa shape index (κ1) is 43.6. The minimum absolute atomic E-state index is 0.151. The summed E-state index contributed by atoms with van der Waals surface area (Å²) in [5.41, 5.74) is 1.75. The lowest BCUT2D eigenvalue weighted by Crippen LogP contribution is -2.43. The summed E-state index contributed by atoms with van der Waals surface area (Å²) in [5.74, 6) is -4.61. The molecule has 1 fully saturated rings. The molecule has 1 aromatic rings. The molecule has 0 radical (unpaired) electrons. The van der Waals surface area contributed by atoms with Gasteiger partial charge in [-0.1, -0.05) is 83.0 Å². The Balaban J connectivity index is 0.00000442. The van der Waals surface area contributed by atoms with Gasteiger partial charge in [0.1, 0.15) is 11.7 Å². The molecule has 0 aliphatic carbocycles. The molecule has 0 amide bonds. The smallest absolute Gasteiger partial charge is 0.278 e. The van der Waals surface area contributed by atoms with E-state index in [1.165, 1.54) is 12.1 Å². The van der Waals surface area contributed by atoms with Crippen LogP contribution in [0.15, 0.2) is 83.7 Å². The van der Waals surface area contributed by atoms with Gasteiger partial charge in [-0.05, 0) is 104 Å². The van der Waals surface area contributed by atoms with Crippen LogP contribution in [0.5, 0.6) is 0 Å². The Bertz CT molecular complexity index is 1440. The van der Waals surface area contributed by atoms with Gasteiger partial charge in [0.2, 0.25) is 0 Å². The summed E-state index contributed by atoms with van der Waals surface area (Å²) in [5, 5.41) is 17.3. The number of nitrogens with one attached hydrogen (secondary N) is 2. The van der Waals surface area contributed by atoms with Gasteiger partial charge in [0.05, 0.1) is 23.1 Å². The lowest BCUT2D eigenvalue weighted by Gasteiger charge is -2.39. The third kappa shape index (κ3) is 11.2. The monoisotopic (exact) mass is 708 g/mol.